The number of hydrogen-bond acceptors (Lipinski definition) is 11. The zero-order chi connectivity index (χ0) is 31.0. The number of furan rings is 1. The Hall–Kier alpha value is -3.97. The molecule has 2 aromatic rings. The third-order valence-electron chi connectivity index (χ3n) is 9.51. The summed E-state index contributed by atoms with van der Waals surface area (Å²) in [5.74, 6) is -5.47. The predicted octanol–water partition coefficient (Wildman–Crippen LogP) is 0.971. The van der Waals surface area contributed by atoms with Crippen LogP contribution in [0.15, 0.2) is 45.6 Å². The molecule has 0 spiro atoms. The predicted molar refractivity (Wildman–Crippen MR) is 155 cm³/mol. The van der Waals surface area contributed by atoms with Gasteiger partial charge in [-0.25, -0.2) is 0 Å². The average molecular weight is 593 g/mol. The van der Waals surface area contributed by atoms with Crippen LogP contribution < -0.4 is 5.73 Å². The number of ketones is 2. The number of likely N-dealkylation sites (N-methyl/N-ethyl adjacent to an activating group) is 2. The van der Waals surface area contributed by atoms with Crippen LogP contribution in [0.5, 0.6) is 5.75 Å². The highest BCUT2D eigenvalue weighted by Gasteiger charge is 2.64. The Morgan fingerprint density at radius 2 is 1.79 bits per heavy atom. The van der Waals surface area contributed by atoms with Crippen molar-refractivity contribution in [1.29, 1.82) is 0 Å². The highest BCUT2D eigenvalue weighted by atomic mass is 16.4. The number of carbonyl (C=O) groups is 3. The number of carbonyl (C=O) groups excluding carboxylic acids is 3. The van der Waals surface area contributed by atoms with Crippen LogP contribution in [-0.4, -0.2) is 112 Å². The van der Waals surface area contributed by atoms with Gasteiger partial charge in [-0.15, -0.1) is 0 Å². The van der Waals surface area contributed by atoms with Crippen LogP contribution in [0.2, 0.25) is 0 Å². The molecule has 43 heavy (non-hydrogen) atoms. The number of piperazine rings is 1. The maximum Gasteiger partial charge on any atom is 0.255 e. The monoisotopic (exact) mass is 592 g/mol. The van der Waals surface area contributed by atoms with E-state index in [1.165, 1.54) is 11.0 Å². The first kappa shape index (κ1) is 29.1. The third kappa shape index (κ3) is 4.39. The zero-order valence-corrected chi connectivity index (χ0v) is 24.3. The second-order valence-electron chi connectivity index (χ2n) is 12.3. The Labute approximate surface area is 248 Å². The van der Waals surface area contributed by atoms with E-state index in [1.54, 1.807) is 20.2 Å². The standard InChI is InChI=1S/C31H36N4O8/c1-33(2)25-19-13-15-12-18-17(21-7-4-16(43-21)14-35-10-8-34(3)9-11-35)5-6-20(36)23(18)26(37)22(15)28(39)31(19,42)29(40)24(27(25)38)30(32)41/h4-7,15,19,25,36-37,40,42H,8-14H2,1-3H3,(H2,32,41)/t15-,19-,25?,31-/m0/s1. The Morgan fingerprint density at radius 3 is 2.44 bits per heavy atom. The van der Waals surface area contributed by atoms with Crippen molar-refractivity contribution in [3.8, 4) is 17.1 Å². The number of benzene rings is 1. The van der Waals surface area contributed by atoms with Crippen LogP contribution in [0.3, 0.4) is 0 Å². The van der Waals surface area contributed by atoms with Gasteiger partial charge in [0.1, 0.15) is 34.4 Å². The first-order valence-corrected chi connectivity index (χ1v) is 14.3. The van der Waals surface area contributed by atoms with Gasteiger partial charge in [-0.2, -0.15) is 0 Å². The van der Waals surface area contributed by atoms with Gasteiger partial charge in [0.15, 0.2) is 11.4 Å². The molecule has 228 valence electrons. The van der Waals surface area contributed by atoms with Crippen LogP contribution in [0.1, 0.15) is 23.3 Å². The second-order valence-corrected chi connectivity index (χ2v) is 12.3. The SMILES string of the molecule is CN1CCN(Cc2ccc(-c3ccc(O)c4c3C[C@H]3C[C@H]5C(N(C)C)C(=O)C(C(N)=O)=C(O)[C@@]5(O)C(=O)C3=C4O)o2)CC1. The summed E-state index contributed by atoms with van der Waals surface area (Å²) in [6.45, 7) is 4.44. The molecule has 0 bridgehead atoms. The number of Topliss-reactive ketones (excluding diaryl/α,β-unsaturated/α-hetero) is 2. The number of aromatic hydroxyl groups is 1. The molecule has 1 amide bonds. The molecule has 4 atom stereocenters. The molecular weight excluding hydrogens is 556 g/mol. The van der Waals surface area contributed by atoms with Gasteiger partial charge in [0.25, 0.3) is 5.91 Å². The quantitative estimate of drug-likeness (QED) is 0.312. The molecule has 1 aromatic carbocycles. The fourth-order valence-corrected chi connectivity index (χ4v) is 7.31. The van der Waals surface area contributed by atoms with Gasteiger partial charge in [0.05, 0.1) is 18.2 Å². The van der Waals surface area contributed by atoms with E-state index in [-0.39, 0.29) is 29.7 Å². The number of rotatable bonds is 5. The fraction of sp³-hybridized carbons (Fsp3) is 0.452. The summed E-state index contributed by atoms with van der Waals surface area (Å²) in [7, 11) is 5.23. The van der Waals surface area contributed by atoms with Gasteiger partial charge in [-0.3, -0.25) is 24.2 Å². The number of primary amides is 1. The van der Waals surface area contributed by atoms with E-state index in [4.69, 9.17) is 10.2 Å². The molecule has 1 unspecified atom stereocenters. The second kappa shape index (κ2) is 10.3. The van der Waals surface area contributed by atoms with Crippen molar-refractivity contribution in [3.05, 3.63) is 58.1 Å². The number of phenolic OH excluding ortho intramolecular Hbond substituents is 1. The molecule has 3 aliphatic carbocycles. The number of aliphatic hydroxyl groups excluding tert-OH is 2. The van der Waals surface area contributed by atoms with E-state index >= 15 is 0 Å². The largest absolute Gasteiger partial charge is 0.508 e. The molecule has 12 nitrogen and oxygen atoms in total. The van der Waals surface area contributed by atoms with Crippen LogP contribution in [0, 0.1) is 11.8 Å². The summed E-state index contributed by atoms with van der Waals surface area (Å²) < 4.78 is 6.23. The minimum Gasteiger partial charge on any atom is -0.508 e. The van der Waals surface area contributed by atoms with Crippen LogP contribution in [0.25, 0.3) is 17.1 Å². The van der Waals surface area contributed by atoms with E-state index in [9.17, 15) is 34.8 Å². The summed E-state index contributed by atoms with van der Waals surface area (Å²) in [6.07, 6.45) is 0.209. The van der Waals surface area contributed by atoms with E-state index in [0.717, 1.165) is 31.9 Å². The van der Waals surface area contributed by atoms with Crippen molar-refractivity contribution in [2.75, 3.05) is 47.3 Å². The molecule has 6 N–H and O–H groups in total. The van der Waals surface area contributed by atoms with Crippen molar-refractivity contribution >= 4 is 23.2 Å². The van der Waals surface area contributed by atoms with E-state index in [2.05, 4.69) is 16.8 Å². The smallest absolute Gasteiger partial charge is 0.255 e. The van der Waals surface area contributed by atoms with Gasteiger partial charge in [-0.05, 0) is 69.7 Å². The molecule has 12 heteroatoms. The first-order chi connectivity index (χ1) is 20.3. The lowest BCUT2D eigenvalue weighted by molar-refractivity contribution is -0.153. The van der Waals surface area contributed by atoms with Crippen LogP contribution in [-0.2, 0) is 27.3 Å². The lowest BCUT2D eigenvalue weighted by atomic mass is 9.57. The number of hydrogen-bond donors (Lipinski definition) is 5. The Balaban J connectivity index is 1.42. The van der Waals surface area contributed by atoms with Gasteiger partial charge >= 0.3 is 0 Å². The zero-order valence-electron chi connectivity index (χ0n) is 24.3. The van der Waals surface area contributed by atoms with Crippen molar-refractivity contribution in [3.63, 3.8) is 0 Å². The number of fused-ring (bicyclic) bond motifs is 3. The minimum absolute atomic E-state index is 0.0215. The Bertz CT molecular complexity index is 1600. The van der Waals surface area contributed by atoms with Crippen LogP contribution in [0.4, 0.5) is 0 Å². The third-order valence-corrected chi connectivity index (χ3v) is 9.51. The molecule has 1 aliphatic heterocycles. The number of nitrogens with two attached hydrogens (primary N) is 1. The highest BCUT2D eigenvalue weighted by molar-refractivity contribution is 6.24. The molecule has 1 saturated carbocycles. The minimum atomic E-state index is -2.67. The molecular formula is C31H36N4O8. The number of nitrogens with zero attached hydrogens (tertiary/aromatic N) is 3. The Morgan fingerprint density at radius 1 is 1.09 bits per heavy atom. The number of phenols is 1. The van der Waals surface area contributed by atoms with E-state index < -0.39 is 58.0 Å². The Kier molecular flexibility index (Phi) is 7.00. The van der Waals surface area contributed by atoms with Crippen molar-refractivity contribution < 1.29 is 39.2 Å². The van der Waals surface area contributed by atoms with Crippen LogP contribution >= 0.6 is 0 Å². The maximum atomic E-state index is 14.0. The van der Waals surface area contributed by atoms with Gasteiger partial charge < -0.3 is 35.5 Å². The lowest BCUT2D eigenvalue weighted by Gasteiger charge is -2.50. The summed E-state index contributed by atoms with van der Waals surface area (Å²) in [5.41, 5.74) is 2.93. The molecule has 1 aromatic heterocycles. The number of amides is 1. The van der Waals surface area contributed by atoms with Gasteiger partial charge in [-0.1, -0.05) is 0 Å². The maximum absolute atomic E-state index is 14.0. The summed E-state index contributed by atoms with van der Waals surface area (Å²) in [4.78, 5) is 45.5. The van der Waals surface area contributed by atoms with Crippen molar-refractivity contribution in [1.82, 2.24) is 14.7 Å². The normalized spacial score (nSPS) is 28.3. The topological polar surface area (TPSA) is 181 Å². The average Bonchev–Trinajstić information content (AvgIpc) is 3.40. The first-order valence-electron chi connectivity index (χ1n) is 14.3. The summed E-state index contributed by atoms with van der Waals surface area (Å²) in [6, 6.07) is 5.72. The summed E-state index contributed by atoms with van der Waals surface area (Å²) >= 11 is 0. The molecule has 2 heterocycles. The van der Waals surface area contributed by atoms with Crippen molar-refractivity contribution in [2.24, 2.45) is 17.6 Å². The summed E-state index contributed by atoms with van der Waals surface area (Å²) in [5, 5.41) is 45.1. The van der Waals surface area contributed by atoms with E-state index in [1.807, 2.05) is 12.1 Å². The highest BCUT2D eigenvalue weighted by Crippen LogP contribution is 2.53. The lowest BCUT2D eigenvalue weighted by Crippen LogP contribution is -2.65. The van der Waals surface area contributed by atoms with E-state index in [0.29, 0.717) is 23.4 Å². The van der Waals surface area contributed by atoms with Gasteiger partial charge in [0.2, 0.25) is 5.78 Å². The molecule has 2 fully saturated rings. The fourth-order valence-electron chi connectivity index (χ4n) is 7.31. The molecule has 6 rings (SSSR count). The molecule has 1 saturated heterocycles. The number of aliphatic hydroxyl groups is 3. The van der Waals surface area contributed by atoms with Gasteiger partial charge in [0, 0.05) is 43.2 Å². The molecule has 4 aliphatic rings. The molecule has 0 radical (unpaired) electrons. The van der Waals surface area contributed by atoms with Crippen molar-refractivity contribution in [2.45, 2.75) is 31.0 Å².